The van der Waals surface area contributed by atoms with Crippen molar-refractivity contribution in [2.24, 2.45) is 0 Å². The van der Waals surface area contributed by atoms with Crippen LogP contribution in [0.4, 0.5) is 10.1 Å². The zero-order valence-electron chi connectivity index (χ0n) is 20.4. The molecule has 6 nitrogen and oxygen atoms in total. The molecule has 1 saturated heterocycles. The summed E-state index contributed by atoms with van der Waals surface area (Å²) < 4.78 is 68.6. The zero-order chi connectivity index (χ0) is 25.9. The molecule has 1 fully saturated rings. The van der Waals surface area contributed by atoms with Gasteiger partial charge in [-0.25, -0.2) is 21.2 Å². The minimum atomic E-state index is -3.57. The number of benzene rings is 3. The van der Waals surface area contributed by atoms with E-state index < -0.39 is 31.1 Å². The van der Waals surface area contributed by atoms with Crippen molar-refractivity contribution in [3.8, 4) is 11.1 Å². The average Bonchev–Trinajstić information content (AvgIpc) is 2.82. The first-order valence-corrected chi connectivity index (χ1v) is 15.3. The van der Waals surface area contributed by atoms with Crippen molar-refractivity contribution in [1.82, 2.24) is 4.31 Å². The molecule has 1 heterocycles. The van der Waals surface area contributed by atoms with Crippen LogP contribution in [0.15, 0.2) is 72.8 Å². The predicted molar refractivity (Wildman–Crippen MR) is 142 cm³/mol. The van der Waals surface area contributed by atoms with Crippen LogP contribution in [0.1, 0.15) is 37.3 Å². The normalized spacial score (nSPS) is 20.2. The maximum absolute atomic E-state index is 15.1. The number of aryl methyl sites for hydroxylation is 1. The summed E-state index contributed by atoms with van der Waals surface area (Å²) in [5.41, 5.74) is 3.20. The van der Waals surface area contributed by atoms with E-state index in [4.69, 9.17) is 0 Å². The fourth-order valence-corrected chi connectivity index (χ4v) is 7.36. The lowest BCUT2D eigenvalue weighted by Crippen LogP contribution is -2.48. The van der Waals surface area contributed by atoms with Gasteiger partial charge in [0, 0.05) is 23.8 Å². The van der Waals surface area contributed by atoms with Crippen molar-refractivity contribution in [1.29, 1.82) is 0 Å². The highest BCUT2D eigenvalue weighted by Crippen LogP contribution is 2.32. The number of nitrogens with zero attached hydrogens (tertiary/aromatic N) is 1. The molecule has 0 saturated carbocycles. The molecule has 192 valence electrons. The molecule has 36 heavy (non-hydrogen) atoms. The van der Waals surface area contributed by atoms with E-state index in [9.17, 15) is 16.8 Å². The molecule has 1 aliphatic rings. The van der Waals surface area contributed by atoms with E-state index >= 15 is 4.39 Å². The fourth-order valence-electron chi connectivity index (χ4n) is 4.64. The second-order valence-electron chi connectivity index (χ2n) is 9.42. The molecule has 0 bridgehead atoms. The maximum Gasteiger partial charge on any atom is 0.229 e. The Morgan fingerprint density at radius 1 is 0.972 bits per heavy atom. The molecular weight excluding hydrogens is 499 g/mol. The Kier molecular flexibility index (Phi) is 7.82. The molecule has 0 spiro atoms. The van der Waals surface area contributed by atoms with Crippen LogP contribution < -0.4 is 4.72 Å². The van der Waals surface area contributed by atoms with Gasteiger partial charge in [0.25, 0.3) is 0 Å². The first kappa shape index (κ1) is 26.3. The predicted octanol–water partition coefficient (Wildman–Crippen LogP) is 5.18. The van der Waals surface area contributed by atoms with Crippen LogP contribution in [0.5, 0.6) is 0 Å². The highest BCUT2D eigenvalue weighted by atomic mass is 32.2. The highest BCUT2D eigenvalue weighted by Gasteiger charge is 2.39. The van der Waals surface area contributed by atoms with Crippen molar-refractivity contribution in [3.05, 3.63) is 89.7 Å². The second kappa shape index (κ2) is 10.7. The summed E-state index contributed by atoms with van der Waals surface area (Å²) in [5, 5.41) is -0.477. The third kappa shape index (κ3) is 6.32. The number of halogens is 1. The van der Waals surface area contributed by atoms with Crippen LogP contribution in [-0.4, -0.2) is 38.7 Å². The van der Waals surface area contributed by atoms with E-state index in [0.717, 1.165) is 23.8 Å². The van der Waals surface area contributed by atoms with E-state index in [1.165, 1.54) is 10.4 Å². The summed E-state index contributed by atoms with van der Waals surface area (Å²) >= 11 is 0. The molecule has 2 unspecified atom stereocenters. The number of anilines is 1. The van der Waals surface area contributed by atoms with Crippen LogP contribution in [0.25, 0.3) is 11.1 Å². The van der Waals surface area contributed by atoms with Gasteiger partial charge >= 0.3 is 0 Å². The Morgan fingerprint density at radius 2 is 1.64 bits per heavy atom. The lowest BCUT2D eigenvalue weighted by molar-refractivity contribution is 0.276. The summed E-state index contributed by atoms with van der Waals surface area (Å²) in [6, 6.07) is 21.1. The van der Waals surface area contributed by atoms with E-state index in [-0.39, 0.29) is 12.6 Å². The number of hydrogen-bond acceptors (Lipinski definition) is 4. The SMILES string of the molecule is CC1CCC(CCc2ccccc2)S(=O)(=O)N1Cc1ccc(-c2ccc(NS(C)(=O)=O)cc2)cc1F. The fraction of sp³-hybridized carbons (Fsp3) is 0.333. The number of nitrogens with one attached hydrogen (secondary N) is 1. The molecule has 4 rings (SSSR count). The Hall–Kier alpha value is -2.75. The first-order chi connectivity index (χ1) is 17.0. The maximum atomic E-state index is 15.1. The van der Waals surface area contributed by atoms with Crippen molar-refractivity contribution in [2.75, 3.05) is 11.0 Å². The Balaban J connectivity index is 1.48. The quantitative estimate of drug-likeness (QED) is 0.435. The Labute approximate surface area is 213 Å². The van der Waals surface area contributed by atoms with Crippen LogP contribution in [0, 0.1) is 5.82 Å². The minimum Gasteiger partial charge on any atom is -0.284 e. The summed E-state index contributed by atoms with van der Waals surface area (Å²) in [6.45, 7) is 1.87. The van der Waals surface area contributed by atoms with Gasteiger partial charge in [-0.05, 0) is 67.5 Å². The lowest BCUT2D eigenvalue weighted by atomic mass is 10.0. The average molecular weight is 531 g/mol. The first-order valence-electron chi connectivity index (χ1n) is 11.9. The lowest BCUT2D eigenvalue weighted by Gasteiger charge is -2.37. The molecule has 0 amide bonds. The molecule has 0 aliphatic carbocycles. The number of rotatable bonds is 8. The van der Waals surface area contributed by atoms with Crippen LogP contribution in [-0.2, 0) is 33.0 Å². The minimum absolute atomic E-state index is 0.00529. The molecule has 2 atom stereocenters. The largest absolute Gasteiger partial charge is 0.284 e. The molecule has 3 aromatic carbocycles. The molecule has 9 heteroatoms. The van der Waals surface area contributed by atoms with Gasteiger partial charge in [0.05, 0.1) is 11.5 Å². The Morgan fingerprint density at radius 3 is 2.28 bits per heavy atom. The highest BCUT2D eigenvalue weighted by molar-refractivity contribution is 7.92. The van der Waals surface area contributed by atoms with E-state index in [1.807, 2.05) is 37.3 Å². The van der Waals surface area contributed by atoms with E-state index in [1.54, 1.807) is 36.4 Å². The van der Waals surface area contributed by atoms with Crippen molar-refractivity contribution >= 4 is 25.7 Å². The topological polar surface area (TPSA) is 83.6 Å². The van der Waals surface area contributed by atoms with Gasteiger partial charge in [-0.2, -0.15) is 4.31 Å². The van der Waals surface area contributed by atoms with E-state index in [2.05, 4.69) is 4.72 Å². The second-order valence-corrected chi connectivity index (χ2v) is 13.3. The summed E-state index contributed by atoms with van der Waals surface area (Å²) in [4.78, 5) is 0. The third-order valence-electron chi connectivity index (χ3n) is 6.64. The van der Waals surface area contributed by atoms with Crippen molar-refractivity contribution in [3.63, 3.8) is 0 Å². The van der Waals surface area contributed by atoms with Gasteiger partial charge < -0.3 is 0 Å². The van der Waals surface area contributed by atoms with Crippen molar-refractivity contribution < 1.29 is 21.2 Å². The van der Waals surface area contributed by atoms with Gasteiger partial charge in [0.1, 0.15) is 5.82 Å². The monoisotopic (exact) mass is 530 g/mol. The summed E-state index contributed by atoms with van der Waals surface area (Å²) in [6.07, 6.45) is 3.66. The molecule has 1 N–H and O–H groups in total. The third-order valence-corrected chi connectivity index (χ3v) is 9.71. The Bertz CT molecular complexity index is 1410. The van der Waals surface area contributed by atoms with Gasteiger partial charge in [-0.3, -0.25) is 4.72 Å². The molecule has 3 aromatic rings. The van der Waals surface area contributed by atoms with Crippen LogP contribution >= 0.6 is 0 Å². The van der Waals surface area contributed by atoms with Gasteiger partial charge in [0.2, 0.25) is 20.0 Å². The standard InChI is InChI=1S/C27H31FN2O4S2/c1-20-8-16-26(17-9-21-6-4-3-5-7-21)36(33,34)30(20)19-24-11-10-23(18-27(24)28)22-12-14-25(15-13-22)29-35(2,31)32/h3-7,10-15,18,20,26,29H,8-9,16-17,19H2,1-2H3. The van der Waals surface area contributed by atoms with Gasteiger partial charge in [-0.1, -0.05) is 54.6 Å². The van der Waals surface area contributed by atoms with Crippen LogP contribution in [0.3, 0.4) is 0 Å². The van der Waals surface area contributed by atoms with E-state index in [0.29, 0.717) is 36.1 Å². The molecule has 0 radical (unpaired) electrons. The van der Waals surface area contributed by atoms with Crippen LogP contribution in [0.2, 0.25) is 0 Å². The van der Waals surface area contributed by atoms with Gasteiger partial charge in [-0.15, -0.1) is 0 Å². The molecular formula is C27H31FN2O4S2. The smallest absolute Gasteiger partial charge is 0.229 e. The van der Waals surface area contributed by atoms with Gasteiger partial charge in [0.15, 0.2) is 0 Å². The molecule has 0 aromatic heterocycles. The summed E-state index contributed by atoms with van der Waals surface area (Å²) in [7, 11) is -6.95. The number of sulfonamides is 2. The number of hydrogen-bond donors (Lipinski definition) is 1. The zero-order valence-corrected chi connectivity index (χ0v) is 22.0. The summed E-state index contributed by atoms with van der Waals surface area (Å²) in [5.74, 6) is -0.473. The van der Waals surface area contributed by atoms with Crippen molar-refractivity contribution in [2.45, 2.75) is 50.4 Å². The molecule has 1 aliphatic heterocycles.